The molecule has 8 nitrogen and oxygen atoms in total. The molecule has 0 saturated heterocycles. The van der Waals surface area contributed by atoms with Gasteiger partial charge in [0.05, 0.1) is 12.0 Å². The van der Waals surface area contributed by atoms with Crippen LogP contribution in [0.15, 0.2) is 59.8 Å². The molecule has 34 heavy (non-hydrogen) atoms. The number of carbonyl (C=O) groups is 1. The maximum atomic E-state index is 12.8. The predicted molar refractivity (Wildman–Crippen MR) is 129 cm³/mol. The number of aryl methyl sites for hydroxylation is 3. The van der Waals surface area contributed by atoms with Crippen LogP contribution in [0.3, 0.4) is 0 Å². The van der Waals surface area contributed by atoms with E-state index in [-0.39, 0.29) is 23.8 Å². The number of aromatic nitrogens is 2. The van der Waals surface area contributed by atoms with Crippen molar-refractivity contribution >= 4 is 15.9 Å². The van der Waals surface area contributed by atoms with Crippen molar-refractivity contribution in [2.75, 3.05) is 13.7 Å². The SMILES string of the molecule is COc1ccc(C(NC(=O)CCNS(=O)(=O)c2ccc3c(c2)CCCC3)c2nccn2C)cc1. The molecule has 0 radical (unpaired) electrons. The second kappa shape index (κ2) is 10.4. The van der Waals surface area contributed by atoms with Crippen LogP contribution in [0, 0.1) is 0 Å². The van der Waals surface area contributed by atoms with Gasteiger partial charge in [-0.05, 0) is 66.6 Å². The van der Waals surface area contributed by atoms with Crippen molar-refractivity contribution < 1.29 is 17.9 Å². The van der Waals surface area contributed by atoms with Crippen LogP contribution < -0.4 is 14.8 Å². The highest BCUT2D eigenvalue weighted by atomic mass is 32.2. The summed E-state index contributed by atoms with van der Waals surface area (Å²) in [5.41, 5.74) is 3.17. The van der Waals surface area contributed by atoms with Gasteiger partial charge >= 0.3 is 0 Å². The van der Waals surface area contributed by atoms with Crippen molar-refractivity contribution in [1.29, 1.82) is 0 Å². The first kappa shape index (κ1) is 24.0. The number of carbonyl (C=O) groups excluding carboxylic acids is 1. The first-order chi connectivity index (χ1) is 16.4. The number of sulfonamides is 1. The number of fused-ring (bicyclic) bond motifs is 1. The molecule has 4 rings (SSSR count). The summed E-state index contributed by atoms with van der Waals surface area (Å²) in [5, 5.41) is 2.98. The van der Waals surface area contributed by atoms with E-state index in [1.54, 1.807) is 25.4 Å². The van der Waals surface area contributed by atoms with Gasteiger partial charge in [0.1, 0.15) is 17.6 Å². The molecule has 1 unspecified atom stereocenters. The highest BCUT2D eigenvalue weighted by molar-refractivity contribution is 7.89. The predicted octanol–water partition coefficient (Wildman–Crippen LogP) is 2.88. The third-order valence-electron chi connectivity index (χ3n) is 6.15. The Kier molecular flexibility index (Phi) is 7.33. The molecule has 0 fully saturated rings. The summed E-state index contributed by atoms with van der Waals surface area (Å²) < 4.78 is 35.2. The van der Waals surface area contributed by atoms with Crippen molar-refractivity contribution in [2.24, 2.45) is 7.05 Å². The largest absolute Gasteiger partial charge is 0.497 e. The van der Waals surface area contributed by atoms with Gasteiger partial charge in [0, 0.05) is 32.4 Å². The lowest BCUT2D eigenvalue weighted by Crippen LogP contribution is -2.34. The second-order valence-corrected chi connectivity index (χ2v) is 10.2. The summed E-state index contributed by atoms with van der Waals surface area (Å²) in [5.74, 6) is 1.11. The molecule has 0 bridgehead atoms. The molecule has 9 heteroatoms. The first-order valence-corrected chi connectivity index (χ1v) is 12.9. The Balaban J connectivity index is 1.40. The average molecular weight is 483 g/mol. The van der Waals surface area contributed by atoms with E-state index in [0.717, 1.165) is 36.8 Å². The number of hydrogen-bond acceptors (Lipinski definition) is 5. The van der Waals surface area contributed by atoms with Gasteiger partial charge in [-0.1, -0.05) is 18.2 Å². The zero-order chi connectivity index (χ0) is 24.1. The molecule has 1 amide bonds. The van der Waals surface area contributed by atoms with Crippen LogP contribution in [-0.2, 0) is 34.7 Å². The summed E-state index contributed by atoms with van der Waals surface area (Å²) in [7, 11) is -0.234. The van der Waals surface area contributed by atoms with Crippen molar-refractivity contribution in [3.8, 4) is 5.75 Å². The molecule has 1 aliphatic rings. The molecular formula is C25H30N4O4S. The summed E-state index contributed by atoms with van der Waals surface area (Å²) in [6.07, 6.45) is 7.60. The Hall–Kier alpha value is -3.17. The van der Waals surface area contributed by atoms with Crippen LogP contribution in [0.4, 0.5) is 0 Å². The van der Waals surface area contributed by atoms with Gasteiger partial charge in [-0.3, -0.25) is 4.79 Å². The molecule has 0 aliphatic heterocycles. The van der Waals surface area contributed by atoms with Crippen LogP contribution in [0.2, 0.25) is 0 Å². The highest BCUT2D eigenvalue weighted by Gasteiger charge is 2.22. The van der Waals surface area contributed by atoms with Gasteiger partial charge in [-0.15, -0.1) is 0 Å². The van der Waals surface area contributed by atoms with Gasteiger partial charge < -0.3 is 14.6 Å². The van der Waals surface area contributed by atoms with Crippen LogP contribution in [0.25, 0.3) is 0 Å². The summed E-state index contributed by atoms with van der Waals surface area (Å²) in [6.45, 7) is 0.00114. The molecule has 180 valence electrons. The van der Waals surface area contributed by atoms with Crippen molar-refractivity contribution in [3.05, 3.63) is 77.4 Å². The number of methoxy groups -OCH3 is 1. The fourth-order valence-electron chi connectivity index (χ4n) is 4.24. The fraction of sp³-hybridized carbons (Fsp3) is 0.360. The van der Waals surface area contributed by atoms with Crippen LogP contribution in [0.5, 0.6) is 5.75 Å². The number of benzene rings is 2. The Labute approximate surface area is 200 Å². The second-order valence-electron chi connectivity index (χ2n) is 8.46. The zero-order valence-corrected chi connectivity index (χ0v) is 20.3. The maximum Gasteiger partial charge on any atom is 0.240 e. The number of hydrogen-bond donors (Lipinski definition) is 2. The van der Waals surface area contributed by atoms with E-state index in [2.05, 4.69) is 15.0 Å². The molecule has 2 aromatic carbocycles. The number of ether oxygens (including phenoxy) is 1. The number of amides is 1. The van der Waals surface area contributed by atoms with Gasteiger partial charge in [0.25, 0.3) is 0 Å². The standard InChI is InChI=1S/C25H30N4O4S/c1-29-16-15-26-25(29)24(19-7-10-21(33-2)11-8-19)28-23(30)13-14-27-34(31,32)22-12-9-18-5-3-4-6-20(18)17-22/h7-12,15-17,24,27H,3-6,13-14H2,1-2H3,(H,28,30). The van der Waals surface area contributed by atoms with E-state index in [0.29, 0.717) is 11.6 Å². The molecule has 0 spiro atoms. The minimum absolute atomic E-state index is 0.00114. The summed E-state index contributed by atoms with van der Waals surface area (Å²) in [4.78, 5) is 17.4. The highest BCUT2D eigenvalue weighted by Crippen LogP contribution is 2.25. The Morgan fingerprint density at radius 3 is 2.53 bits per heavy atom. The average Bonchev–Trinajstić information content (AvgIpc) is 3.27. The number of nitrogens with one attached hydrogen (secondary N) is 2. The molecular weight excluding hydrogens is 452 g/mol. The van der Waals surface area contributed by atoms with Crippen LogP contribution in [0.1, 0.15) is 47.8 Å². The summed E-state index contributed by atoms with van der Waals surface area (Å²) >= 11 is 0. The third kappa shape index (κ3) is 5.48. The Morgan fingerprint density at radius 1 is 1.12 bits per heavy atom. The zero-order valence-electron chi connectivity index (χ0n) is 19.5. The molecule has 0 saturated carbocycles. The Morgan fingerprint density at radius 2 is 1.85 bits per heavy atom. The molecule has 2 N–H and O–H groups in total. The number of nitrogens with zero attached hydrogens (tertiary/aromatic N) is 2. The van der Waals surface area contributed by atoms with Crippen molar-refractivity contribution in [3.63, 3.8) is 0 Å². The van der Waals surface area contributed by atoms with Gasteiger partial charge in [-0.2, -0.15) is 0 Å². The maximum absolute atomic E-state index is 12.8. The van der Waals surface area contributed by atoms with E-state index >= 15 is 0 Å². The van der Waals surface area contributed by atoms with Gasteiger partial charge in [0.15, 0.2) is 0 Å². The molecule has 3 aromatic rings. The van der Waals surface area contributed by atoms with E-state index in [1.165, 1.54) is 5.56 Å². The van der Waals surface area contributed by atoms with Crippen LogP contribution in [-0.4, -0.2) is 37.5 Å². The van der Waals surface area contributed by atoms with Crippen molar-refractivity contribution in [2.45, 2.75) is 43.0 Å². The quantitative estimate of drug-likeness (QED) is 0.488. The smallest absolute Gasteiger partial charge is 0.240 e. The van der Waals surface area contributed by atoms with E-state index in [9.17, 15) is 13.2 Å². The normalized spacial score (nSPS) is 14.3. The van der Waals surface area contributed by atoms with E-state index in [4.69, 9.17) is 4.74 Å². The van der Waals surface area contributed by atoms with E-state index in [1.807, 2.05) is 48.1 Å². The minimum atomic E-state index is -3.69. The lowest BCUT2D eigenvalue weighted by molar-refractivity contribution is -0.121. The fourth-order valence-corrected chi connectivity index (χ4v) is 5.32. The third-order valence-corrected chi connectivity index (χ3v) is 7.60. The first-order valence-electron chi connectivity index (χ1n) is 11.4. The minimum Gasteiger partial charge on any atom is -0.497 e. The number of imidazole rings is 1. The Bertz CT molecular complexity index is 1250. The summed E-state index contributed by atoms with van der Waals surface area (Å²) in [6, 6.07) is 12.2. The topological polar surface area (TPSA) is 102 Å². The van der Waals surface area contributed by atoms with Gasteiger partial charge in [0.2, 0.25) is 15.9 Å². The lowest BCUT2D eigenvalue weighted by Gasteiger charge is -2.20. The van der Waals surface area contributed by atoms with E-state index < -0.39 is 16.1 Å². The monoisotopic (exact) mass is 482 g/mol. The van der Waals surface area contributed by atoms with Crippen molar-refractivity contribution in [1.82, 2.24) is 19.6 Å². The molecule has 1 aliphatic carbocycles. The molecule has 1 atom stereocenters. The van der Waals surface area contributed by atoms with Crippen LogP contribution >= 0.6 is 0 Å². The van der Waals surface area contributed by atoms with Gasteiger partial charge in [-0.25, -0.2) is 18.1 Å². The molecule has 1 heterocycles. The number of rotatable bonds is 9. The molecule has 1 aromatic heterocycles. The lowest BCUT2D eigenvalue weighted by atomic mass is 9.92.